The second-order valence-electron chi connectivity index (χ2n) is 6.54. The summed E-state index contributed by atoms with van der Waals surface area (Å²) in [5.41, 5.74) is 0.930. The van der Waals surface area contributed by atoms with E-state index in [-0.39, 0.29) is 5.56 Å². The number of nitrogens with one attached hydrogen (secondary N) is 1. The maximum Gasteiger partial charge on any atom is 0.258 e. The fourth-order valence-corrected chi connectivity index (χ4v) is 3.89. The number of aromatic nitrogens is 2. The normalized spacial score (nSPS) is 20.7. The molecule has 0 spiro atoms. The summed E-state index contributed by atoms with van der Waals surface area (Å²) in [5.74, 6) is 0.952. The lowest BCUT2D eigenvalue weighted by molar-refractivity contribution is 0.188. The number of piperidine rings is 1. The van der Waals surface area contributed by atoms with E-state index in [4.69, 9.17) is 0 Å². The minimum absolute atomic E-state index is 0.0298. The maximum absolute atomic E-state index is 12.0. The van der Waals surface area contributed by atoms with Crippen LogP contribution in [0, 0.1) is 5.92 Å². The molecule has 2 aromatic heterocycles. The van der Waals surface area contributed by atoms with Crippen molar-refractivity contribution in [1.82, 2.24) is 19.6 Å². The van der Waals surface area contributed by atoms with Crippen molar-refractivity contribution < 1.29 is 0 Å². The van der Waals surface area contributed by atoms with Crippen molar-refractivity contribution in [3.05, 3.63) is 33.7 Å². The third kappa shape index (κ3) is 3.24. The summed E-state index contributed by atoms with van der Waals surface area (Å²) in [5, 5.41) is 5.61. The summed E-state index contributed by atoms with van der Waals surface area (Å²) in [7, 11) is 0. The lowest BCUT2D eigenvalue weighted by Crippen LogP contribution is -2.42. The molecule has 118 valence electrons. The molecule has 0 atom stereocenters. The Balaban J connectivity index is 1.34. The van der Waals surface area contributed by atoms with Gasteiger partial charge in [0.15, 0.2) is 4.96 Å². The van der Waals surface area contributed by atoms with Gasteiger partial charge in [0.2, 0.25) is 0 Å². The molecule has 1 saturated carbocycles. The van der Waals surface area contributed by atoms with Gasteiger partial charge in [0.25, 0.3) is 5.56 Å². The number of likely N-dealkylation sites (tertiary alicyclic amines) is 1. The third-order valence-corrected chi connectivity index (χ3v) is 5.48. The predicted octanol–water partition coefficient (Wildman–Crippen LogP) is 1.72. The molecule has 4 rings (SSSR count). The number of rotatable bonds is 5. The smallest absolute Gasteiger partial charge is 0.258 e. The predicted molar refractivity (Wildman–Crippen MR) is 88.4 cm³/mol. The van der Waals surface area contributed by atoms with E-state index in [1.165, 1.54) is 43.6 Å². The number of hydrogen-bond acceptors (Lipinski definition) is 5. The van der Waals surface area contributed by atoms with Crippen LogP contribution in [0.4, 0.5) is 0 Å². The number of nitrogens with zero attached hydrogens (tertiary/aromatic N) is 3. The molecule has 1 saturated heterocycles. The molecule has 0 radical (unpaired) electrons. The lowest BCUT2D eigenvalue weighted by atomic mass is 10.0. The fourth-order valence-electron chi connectivity index (χ4n) is 3.15. The molecule has 2 aliphatic rings. The van der Waals surface area contributed by atoms with Crippen molar-refractivity contribution in [2.24, 2.45) is 5.92 Å². The van der Waals surface area contributed by atoms with E-state index < -0.39 is 0 Å². The van der Waals surface area contributed by atoms with Crippen LogP contribution in [-0.4, -0.2) is 40.0 Å². The van der Waals surface area contributed by atoms with Gasteiger partial charge in [-0.15, -0.1) is 11.3 Å². The van der Waals surface area contributed by atoms with Gasteiger partial charge in [-0.25, -0.2) is 4.98 Å². The molecule has 2 aromatic rings. The van der Waals surface area contributed by atoms with Crippen LogP contribution in [0.15, 0.2) is 22.4 Å². The van der Waals surface area contributed by atoms with Crippen LogP contribution in [-0.2, 0) is 6.54 Å². The summed E-state index contributed by atoms with van der Waals surface area (Å²) in [4.78, 5) is 19.8. The van der Waals surface area contributed by atoms with Gasteiger partial charge in [-0.3, -0.25) is 14.1 Å². The lowest BCUT2D eigenvalue weighted by Gasteiger charge is -2.32. The first-order valence-corrected chi connectivity index (χ1v) is 9.07. The van der Waals surface area contributed by atoms with Crippen molar-refractivity contribution >= 4 is 16.3 Å². The number of fused-ring (bicyclic) bond motifs is 1. The molecule has 22 heavy (non-hydrogen) atoms. The molecule has 2 fully saturated rings. The van der Waals surface area contributed by atoms with Gasteiger partial charge in [0.05, 0.1) is 5.69 Å². The zero-order valence-electron chi connectivity index (χ0n) is 12.7. The average molecular weight is 318 g/mol. The first-order chi connectivity index (χ1) is 10.8. The summed E-state index contributed by atoms with van der Waals surface area (Å²) < 4.78 is 1.61. The highest BCUT2D eigenvalue weighted by Gasteiger charge is 2.24. The third-order valence-electron chi connectivity index (χ3n) is 4.72. The largest absolute Gasteiger partial charge is 0.314 e. The quantitative estimate of drug-likeness (QED) is 0.912. The van der Waals surface area contributed by atoms with Crippen LogP contribution < -0.4 is 10.9 Å². The van der Waals surface area contributed by atoms with Gasteiger partial charge >= 0.3 is 0 Å². The van der Waals surface area contributed by atoms with Crippen LogP contribution in [0.3, 0.4) is 0 Å². The monoisotopic (exact) mass is 318 g/mol. The maximum atomic E-state index is 12.0. The molecule has 3 heterocycles. The molecule has 1 N–H and O–H groups in total. The summed E-state index contributed by atoms with van der Waals surface area (Å²) in [6, 6.07) is 2.35. The van der Waals surface area contributed by atoms with Crippen LogP contribution in [0.5, 0.6) is 0 Å². The van der Waals surface area contributed by atoms with Crippen LogP contribution in [0.2, 0.25) is 0 Å². The average Bonchev–Trinajstić information content (AvgIpc) is 3.23. The Morgan fingerprint density at radius 2 is 2.09 bits per heavy atom. The second-order valence-corrected chi connectivity index (χ2v) is 7.42. The van der Waals surface area contributed by atoms with Crippen molar-refractivity contribution in [2.75, 3.05) is 19.6 Å². The van der Waals surface area contributed by atoms with E-state index >= 15 is 0 Å². The Hall–Kier alpha value is -1.24. The highest BCUT2D eigenvalue weighted by atomic mass is 32.1. The second kappa shape index (κ2) is 6.10. The minimum atomic E-state index is 0.0298. The van der Waals surface area contributed by atoms with E-state index in [2.05, 4.69) is 15.2 Å². The van der Waals surface area contributed by atoms with Gasteiger partial charge in [-0.05, 0) is 38.1 Å². The summed E-state index contributed by atoms with van der Waals surface area (Å²) >= 11 is 1.52. The molecular weight excluding hydrogens is 296 g/mol. The van der Waals surface area contributed by atoms with Gasteiger partial charge in [-0.1, -0.05) is 0 Å². The van der Waals surface area contributed by atoms with E-state index in [0.29, 0.717) is 6.04 Å². The Morgan fingerprint density at radius 1 is 1.27 bits per heavy atom. The van der Waals surface area contributed by atoms with Crippen LogP contribution >= 0.6 is 11.3 Å². The highest BCUT2D eigenvalue weighted by molar-refractivity contribution is 7.15. The molecular formula is C16H22N4OS. The van der Waals surface area contributed by atoms with E-state index in [1.54, 1.807) is 16.7 Å². The standard InChI is InChI=1S/C16H22N4OS/c21-15-9-14(18-16-20(15)7-8-22-16)11-19-5-3-13(4-6-19)17-10-12-1-2-12/h7-9,12-13,17H,1-6,10-11H2. The highest BCUT2D eigenvalue weighted by Crippen LogP contribution is 2.28. The van der Waals surface area contributed by atoms with Gasteiger partial charge in [0, 0.05) is 43.3 Å². The van der Waals surface area contributed by atoms with Crippen molar-refractivity contribution in [2.45, 2.75) is 38.3 Å². The number of hydrogen-bond donors (Lipinski definition) is 1. The zero-order chi connectivity index (χ0) is 14.9. The Kier molecular flexibility index (Phi) is 3.98. The van der Waals surface area contributed by atoms with Gasteiger partial charge in [0.1, 0.15) is 0 Å². The Morgan fingerprint density at radius 3 is 2.86 bits per heavy atom. The topological polar surface area (TPSA) is 49.6 Å². The molecule has 0 amide bonds. The Bertz CT molecular complexity index is 697. The van der Waals surface area contributed by atoms with E-state index in [9.17, 15) is 4.79 Å². The van der Waals surface area contributed by atoms with Crippen LogP contribution in [0.25, 0.3) is 4.96 Å². The van der Waals surface area contributed by atoms with Gasteiger partial charge in [-0.2, -0.15) is 0 Å². The molecule has 5 nitrogen and oxygen atoms in total. The first-order valence-electron chi connectivity index (χ1n) is 8.19. The van der Waals surface area contributed by atoms with Crippen molar-refractivity contribution in [1.29, 1.82) is 0 Å². The molecule has 1 aliphatic carbocycles. The molecule has 1 aliphatic heterocycles. The molecule has 0 bridgehead atoms. The van der Waals surface area contributed by atoms with E-state index in [1.807, 2.05) is 5.38 Å². The van der Waals surface area contributed by atoms with Crippen molar-refractivity contribution in [3.8, 4) is 0 Å². The SMILES string of the molecule is O=c1cc(CN2CCC(NCC3CC3)CC2)nc2sccn12. The fraction of sp³-hybridized carbons (Fsp3) is 0.625. The molecule has 0 unspecified atom stereocenters. The first kappa shape index (κ1) is 14.4. The Labute approximate surface area is 134 Å². The summed E-state index contributed by atoms with van der Waals surface area (Å²) in [6.07, 6.45) is 7.02. The summed E-state index contributed by atoms with van der Waals surface area (Å²) in [6.45, 7) is 4.18. The van der Waals surface area contributed by atoms with E-state index in [0.717, 1.165) is 36.2 Å². The molecule has 0 aromatic carbocycles. The van der Waals surface area contributed by atoms with Gasteiger partial charge < -0.3 is 5.32 Å². The van der Waals surface area contributed by atoms with Crippen LogP contribution in [0.1, 0.15) is 31.4 Å². The zero-order valence-corrected chi connectivity index (χ0v) is 13.5. The molecule has 6 heteroatoms. The number of thiazole rings is 1. The minimum Gasteiger partial charge on any atom is -0.314 e. The van der Waals surface area contributed by atoms with Crippen molar-refractivity contribution in [3.63, 3.8) is 0 Å².